The summed E-state index contributed by atoms with van der Waals surface area (Å²) in [6, 6.07) is 18.1. The van der Waals surface area contributed by atoms with Crippen molar-refractivity contribution in [3.63, 3.8) is 0 Å². The van der Waals surface area contributed by atoms with Gasteiger partial charge in [0.05, 0.1) is 0 Å². The third kappa shape index (κ3) is 4.41. The van der Waals surface area contributed by atoms with Gasteiger partial charge in [0.2, 0.25) is 0 Å². The highest BCUT2D eigenvalue weighted by atomic mass is 31.2. The van der Waals surface area contributed by atoms with Gasteiger partial charge < -0.3 is 9.05 Å². The molecule has 0 bridgehead atoms. The fraction of sp³-hybridized carbons (Fsp3) is 0.200. The average molecular weight is 291 g/mol. The van der Waals surface area contributed by atoms with Crippen LogP contribution in [0.3, 0.4) is 0 Å². The van der Waals surface area contributed by atoms with Crippen LogP contribution in [0, 0.1) is 0 Å². The fourth-order valence-electron chi connectivity index (χ4n) is 1.71. The van der Waals surface area contributed by atoms with Gasteiger partial charge in [-0.15, -0.1) is 0 Å². The van der Waals surface area contributed by atoms with Crippen molar-refractivity contribution < 1.29 is 13.6 Å². The summed E-state index contributed by atoms with van der Waals surface area (Å²) in [6.07, 6.45) is 0.205. The molecule has 0 fully saturated rings. The topological polar surface area (TPSA) is 38.8 Å². The molecule has 0 aromatic heterocycles. The zero-order chi connectivity index (χ0) is 14.4. The predicted molar refractivity (Wildman–Crippen MR) is 80.3 cm³/mol. The molecule has 2 aromatic carbocycles. The molecule has 0 aliphatic rings. The molecule has 0 radical (unpaired) electrons. The zero-order valence-corrected chi connectivity index (χ0v) is 12.5. The Morgan fingerprint density at radius 1 is 0.850 bits per heavy atom. The summed E-state index contributed by atoms with van der Waals surface area (Å²) in [7, 11) is 0.364. The lowest BCUT2D eigenvalue weighted by molar-refractivity contribution is 0.349. The molecular weight excluding hydrogens is 273 g/mol. The van der Waals surface area contributed by atoms with Crippen molar-refractivity contribution in [2.75, 3.05) is 20.4 Å². The van der Waals surface area contributed by atoms with Crippen LogP contribution >= 0.6 is 7.60 Å². The first-order chi connectivity index (χ1) is 9.57. The Hall–Kier alpha value is -1.77. The van der Waals surface area contributed by atoms with Crippen LogP contribution in [0.15, 0.2) is 60.7 Å². The molecule has 0 unspecified atom stereocenters. The molecule has 0 heterocycles. The highest BCUT2D eigenvalue weighted by Crippen LogP contribution is 2.48. The maximum Gasteiger partial charge on any atom is 0.444 e. The van der Waals surface area contributed by atoms with Crippen LogP contribution in [0.4, 0.5) is 0 Å². The Balaban J connectivity index is 2.19. The maximum absolute atomic E-state index is 12.9. The predicted octanol–water partition coefficient (Wildman–Crippen LogP) is 3.86. The van der Waals surface area contributed by atoms with E-state index in [2.05, 4.69) is 0 Å². The van der Waals surface area contributed by atoms with Crippen molar-refractivity contribution in [1.29, 1.82) is 0 Å². The van der Waals surface area contributed by atoms with Crippen LogP contribution in [0.2, 0.25) is 0 Å². The molecule has 0 aliphatic heterocycles. The summed E-state index contributed by atoms with van der Waals surface area (Å²) in [6.45, 7) is 0. The second-order valence-corrected chi connectivity index (χ2v) is 6.51. The van der Waals surface area contributed by atoms with Gasteiger partial charge in [0, 0.05) is 0 Å². The summed E-state index contributed by atoms with van der Waals surface area (Å²) >= 11 is 0. The number of para-hydroxylation sites is 2. The average Bonchev–Trinajstić information content (AvgIpc) is 2.39. The van der Waals surface area contributed by atoms with Crippen LogP contribution in [0.1, 0.15) is 0 Å². The van der Waals surface area contributed by atoms with Crippen LogP contribution in [0.25, 0.3) is 0 Å². The Kier molecular flexibility index (Phi) is 4.83. The lowest BCUT2D eigenvalue weighted by Crippen LogP contribution is -2.18. The van der Waals surface area contributed by atoms with Gasteiger partial charge in [0.15, 0.2) is 0 Å². The maximum atomic E-state index is 12.9. The second kappa shape index (κ2) is 6.60. The number of nitrogens with zero attached hydrogens (tertiary/aromatic N) is 1. The highest BCUT2D eigenvalue weighted by molar-refractivity contribution is 7.54. The van der Waals surface area contributed by atoms with E-state index in [0.717, 1.165) is 0 Å². The lowest BCUT2D eigenvalue weighted by Gasteiger charge is -2.22. The smallest absolute Gasteiger partial charge is 0.415 e. The van der Waals surface area contributed by atoms with Crippen LogP contribution in [-0.4, -0.2) is 25.3 Å². The van der Waals surface area contributed by atoms with Crippen molar-refractivity contribution in [3.05, 3.63) is 60.7 Å². The van der Waals surface area contributed by atoms with E-state index in [1.54, 1.807) is 29.2 Å². The van der Waals surface area contributed by atoms with Gasteiger partial charge in [-0.1, -0.05) is 36.4 Å². The van der Waals surface area contributed by atoms with E-state index in [1.807, 2.05) is 50.5 Å². The molecule has 0 atom stereocenters. The highest BCUT2D eigenvalue weighted by Gasteiger charge is 2.29. The molecule has 20 heavy (non-hydrogen) atoms. The van der Waals surface area contributed by atoms with Crippen molar-refractivity contribution in [1.82, 2.24) is 4.90 Å². The summed E-state index contributed by atoms with van der Waals surface area (Å²) in [5.74, 6) is 1.07. The summed E-state index contributed by atoms with van der Waals surface area (Å²) < 4.78 is 24.1. The second-order valence-electron chi connectivity index (χ2n) is 4.64. The standard InChI is InChI=1S/C15H18NO3P/c1-16(2)13-20(17,18-14-9-5-3-6-10-14)19-15-11-7-4-8-12-15/h3-12H,13H2,1-2H3. The van der Waals surface area contributed by atoms with E-state index < -0.39 is 7.60 Å². The molecule has 0 spiro atoms. The van der Waals surface area contributed by atoms with Gasteiger partial charge in [-0.25, -0.2) is 4.57 Å². The van der Waals surface area contributed by atoms with E-state index in [9.17, 15) is 4.57 Å². The summed E-state index contributed by atoms with van der Waals surface area (Å²) in [5, 5.41) is 0. The van der Waals surface area contributed by atoms with Gasteiger partial charge in [0.1, 0.15) is 17.8 Å². The summed E-state index contributed by atoms with van der Waals surface area (Å²) in [4.78, 5) is 1.78. The SMILES string of the molecule is CN(C)CP(=O)(Oc1ccccc1)Oc1ccccc1. The third-order valence-corrected chi connectivity index (χ3v) is 4.32. The van der Waals surface area contributed by atoms with Gasteiger partial charge in [-0.05, 0) is 38.4 Å². The minimum Gasteiger partial charge on any atom is -0.415 e. The molecule has 0 saturated heterocycles. The van der Waals surface area contributed by atoms with Crippen LogP contribution in [-0.2, 0) is 4.57 Å². The zero-order valence-electron chi connectivity index (χ0n) is 11.6. The fourth-order valence-corrected chi connectivity index (χ4v) is 3.44. The van der Waals surface area contributed by atoms with Crippen molar-refractivity contribution in [2.24, 2.45) is 0 Å². The van der Waals surface area contributed by atoms with Crippen LogP contribution in [0.5, 0.6) is 11.5 Å². The van der Waals surface area contributed by atoms with Gasteiger partial charge in [0.25, 0.3) is 0 Å². The van der Waals surface area contributed by atoms with Crippen molar-refractivity contribution in [2.45, 2.75) is 0 Å². The third-order valence-electron chi connectivity index (χ3n) is 2.43. The van der Waals surface area contributed by atoms with Gasteiger partial charge in [-0.3, -0.25) is 4.90 Å². The lowest BCUT2D eigenvalue weighted by atomic mass is 10.3. The molecule has 4 nitrogen and oxygen atoms in total. The van der Waals surface area contributed by atoms with E-state index in [-0.39, 0.29) is 6.29 Å². The molecule has 0 amide bonds. The van der Waals surface area contributed by atoms with E-state index in [1.165, 1.54) is 0 Å². The Labute approximate surface area is 119 Å². The molecule has 2 rings (SSSR count). The number of rotatable bonds is 6. The summed E-state index contributed by atoms with van der Waals surface area (Å²) in [5.41, 5.74) is 0. The number of hydrogen-bond acceptors (Lipinski definition) is 4. The Morgan fingerprint density at radius 3 is 1.60 bits per heavy atom. The first kappa shape index (κ1) is 14.6. The van der Waals surface area contributed by atoms with Crippen molar-refractivity contribution >= 4 is 7.60 Å². The molecule has 2 aromatic rings. The monoisotopic (exact) mass is 291 g/mol. The molecule has 0 aliphatic carbocycles. The molecular formula is C15H18NO3P. The van der Waals surface area contributed by atoms with Gasteiger partial charge in [-0.2, -0.15) is 0 Å². The van der Waals surface area contributed by atoms with E-state index >= 15 is 0 Å². The minimum atomic E-state index is -3.29. The first-order valence-corrected chi connectivity index (χ1v) is 8.03. The quantitative estimate of drug-likeness (QED) is 0.758. The van der Waals surface area contributed by atoms with Crippen LogP contribution < -0.4 is 9.05 Å². The van der Waals surface area contributed by atoms with Gasteiger partial charge >= 0.3 is 7.60 Å². The van der Waals surface area contributed by atoms with E-state index in [0.29, 0.717) is 11.5 Å². The Bertz CT molecular complexity index is 527. The Morgan fingerprint density at radius 2 is 1.25 bits per heavy atom. The number of benzene rings is 2. The molecule has 0 N–H and O–H groups in total. The molecule has 0 saturated carbocycles. The first-order valence-electron chi connectivity index (χ1n) is 6.30. The molecule has 106 valence electrons. The largest absolute Gasteiger partial charge is 0.444 e. The number of hydrogen-bond donors (Lipinski definition) is 0. The van der Waals surface area contributed by atoms with Crippen molar-refractivity contribution in [3.8, 4) is 11.5 Å². The normalized spacial score (nSPS) is 11.3. The van der Waals surface area contributed by atoms with E-state index in [4.69, 9.17) is 9.05 Å². The molecule has 5 heteroatoms. The minimum absolute atomic E-state index is 0.205.